The molecule has 4 aromatic rings. The Morgan fingerprint density at radius 3 is 2.75 bits per heavy atom. The molecule has 0 aliphatic rings. The lowest BCUT2D eigenvalue weighted by atomic mass is 10.1. The van der Waals surface area contributed by atoms with Gasteiger partial charge in [-0.25, -0.2) is 4.79 Å². The second-order valence-electron chi connectivity index (χ2n) is 8.56. The van der Waals surface area contributed by atoms with Gasteiger partial charge in [0.15, 0.2) is 0 Å². The molecule has 1 atom stereocenters. The number of ether oxygens (including phenoxy) is 1. The number of fused-ring (bicyclic) bond motifs is 2. The molecule has 0 fully saturated rings. The molecule has 2 aromatic carbocycles. The van der Waals surface area contributed by atoms with Crippen LogP contribution in [0.3, 0.4) is 0 Å². The normalized spacial score (nSPS) is 12.6. The molecule has 8 heteroatoms. The molecule has 0 aliphatic carbocycles. The number of hydrogen-bond acceptors (Lipinski definition) is 3. The van der Waals surface area contributed by atoms with Crippen molar-refractivity contribution < 1.29 is 14.3 Å². The van der Waals surface area contributed by atoms with Crippen molar-refractivity contribution >= 4 is 55.9 Å². The number of para-hydroxylation sites is 1. The van der Waals surface area contributed by atoms with Gasteiger partial charge < -0.3 is 24.9 Å². The van der Waals surface area contributed by atoms with Crippen molar-refractivity contribution in [3.8, 4) is 0 Å². The van der Waals surface area contributed by atoms with Gasteiger partial charge in [-0.2, -0.15) is 0 Å². The fraction of sp³-hybridized carbons (Fsp3) is 0.250. The highest BCUT2D eigenvalue weighted by atomic mass is 79.9. The highest BCUT2D eigenvalue weighted by Gasteiger charge is 2.23. The van der Waals surface area contributed by atoms with Gasteiger partial charge in [-0.15, -0.1) is 0 Å². The molecule has 4 rings (SSSR count). The maximum absolute atomic E-state index is 12.4. The average Bonchev–Trinajstić information content (AvgIpc) is 3.30. The number of amides is 2. The van der Waals surface area contributed by atoms with Crippen molar-refractivity contribution in [3.05, 3.63) is 64.9 Å². The Bertz CT molecular complexity index is 1290. The SMILES string of the molecule is CC(C)(C)OC(=O)NCC(c1c[nH]c2cc(Br)ccc12)n1cc(NC=O)c2ccccc21. The quantitative estimate of drug-likeness (QED) is 0.305. The van der Waals surface area contributed by atoms with Crippen LogP contribution in [0.15, 0.2) is 59.3 Å². The number of aromatic nitrogens is 2. The Kier molecular flexibility index (Phi) is 5.97. The maximum Gasteiger partial charge on any atom is 0.407 e. The summed E-state index contributed by atoms with van der Waals surface area (Å²) in [7, 11) is 0. The third-order valence-corrected chi connectivity index (χ3v) is 5.66. The Labute approximate surface area is 194 Å². The largest absolute Gasteiger partial charge is 0.444 e. The van der Waals surface area contributed by atoms with E-state index in [1.807, 2.05) is 75.6 Å². The monoisotopic (exact) mass is 496 g/mol. The number of rotatable bonds is 6. The van der Waals surface area contributed by atoms with Crippen LogP contribution in [-0.4, -0.2) is 34.2 Å². The van der Waals surface area contributed by atoms with Crippen molar-refractivity contribution in [2.45, 2.75) is 32.4 Å². The number of nitrogens with one attached hydrogen (secondary N) is 3. The first-order valence-electron chi connectivity index (χ1n) is 10.3. The van der Waals surface area contributed by atoms with Crippen LogP contribution >= 0.6 is 15.9 Å². The molecule has 2 heterocycles. The van der Waals surface area contributed by atoms with E-state index in [9.17, 15) is 9.59 Å². The fourth-order valence-electron chi connectivity index (χ4n) is 3.89. The number of aromatic amines is 1. The first kappa shape index (κ1) is 22.0. The summed E-state index contributed by atoms with van der Waals surface area (Å²) in [5.41, 5.74) is 3.06. The molecule has 0 saturated carbocycles. The first-order valence-corrected chi connectivity index (χ1v) is 11.1. The van der Waals surface area contributed by atoms with E-state index in [2.05, 4.69) is 36.1 Å². The van der Waals surface area contributed by atoms with Gasteiger partial charge >= 0.3 is 6.09 Å². The molecule has 0 saturated heterocycles. The average molecular weight is 497 g/mol. The number of H-pyrrole nitrogens is 1. The van der Waals surface area contributed by atoms with Crippen LogP contribution < -0.4 is 10.6 Å². The Hall–Kier alpha value is -3.26. The van der Waals surface area contributed by atoms with E-state index in [-0.39, 0.29) is 6.04 Å². The smallest absolute Gasteiger partial charge is 0.407 e. The van der Waals surface area contributed by atoms with E-state index >= 15 is 0 Å². The van der Waals surface area contributed by atoms with E-state index in [0.29, 0.717) is 18.6 Å². The van der Waals surface area contributed by atoms with Crippen molar-refractivity contribution in [2.24, 2.45) is 0 Å². The highest BCUT2D eigenvalue weighted by molar-refractivity contribution is 9.10. The van der Waals surface area contributed by atoms with Crippen LogP contribution in [0.1, 0.15) is 32.4 Å². The maximum atomic E-state index is 12.4. The number of halogens is 1. The molecule has 0 bridgehead atoms. The van der Waals surface area contributed by atoms with Crippen LogP contribution in [0.4, 0.5) is 10.5 Å². The van der Waals surface area contributed by atoms with Gasteiger partial charge in [-0.05, 0) is 39.0 Å². The molecule has 166 valence electrons. The number of nitrogens with zero attached hydrogens (tertiary/aromatic N) is 1. The summed E-state index contributed by atoms with van der Waals surface area (Å²) < 4.78 is 8.49. The summed E-state index contributed by atoms with van der Waals surface area (Å²) in [6, 6.07) is 13.6. The summed E-state index contributed by atoms with van der Waals surface area (Å²) in [5, 5.41) is 7.67. The minimum atomic E-state index is -0.589. The molecule has 0 radical (unpaired) electrons. The predicted molar refractivity (Wildman–Crippen MR) is 130 cm³/mol. The van der Waals surface area contributed by atoms with E-state index in [1.54, 1.807) is 0 Å². The molecular weight excluding hydrogens is 472 g/mol. The minimum absolute atomic E-state index is 0.246. The van der Waals surface area contributed by atoms with Crippen LogP contribution in [0, 0.1) is 0 Å². The molecule has 7 nitrogen and oxygen atoms in total. The number of carbonyl (C=O) groups excluding carboxylic acids is 2. The molecular formula is C24H25BrN4O3. The van der Waals surface area contributed by atoms with E-state index < -0.39 is 11.7 Å². The first-order chi connectivity index (χ1) is 15.3. The third-order valence-electron chi connectivity index (χ3n) is 5.16. The molecule has 0 spiro atoms. The number of benzene rings is 2. The van der Waals surface area contributed by atoms with Crippen molar-refractivity contribution in [1.82, 2.24) is 14.9 Å². The second kappa shape index (κ2) is 8.70. The van der Waals surface area contributed by atoms with Crippen LogP contribution in [-0.2, 0) is 9.53 Å². The lowest BCUT2D eigenvalue weighted by molar-refractivity contribution is -0.105. The zero-order valence-corrected chi connectivity index (χ0v) is 19.7. The summed E-state index contributed by atoms with van der Waals surface area (Å²) in [6.07, 6.45) is 4.05. The van der Waals surface area contributed by atoms with Gasteiger partial charge in [-0.1, -0.05) is 40.2 Å². The second-order valence-corrected chi connectivity index (χ2v) is 9.48. The van der Waals surface area contributed by atoms with Crippen LogP contribution in [0.2, 0.25) is 0 Å². The number of anilines is 1. The van der Waals surface area contributed by atoms with Crippen molar-refractivity contribution in [1.29, 1.82) is 0 Å². The fourth-order valence-corrected chi connectivity index (χ4v) is 4.25. The zero-order valence-electron chi connectivity index (χ0n) is 18.1. The number of hydrogen-bond donors (Lipinski definition) is 3. The highest BCUT2D eigenvalue weighted by Crippen LogP contribution is 2.34. The van der Waals surface area contributed by atoms with Gasteiger partial charge in [0.05, 0.1) is 17.2 Å². The molecule has 0 aliphatic heterocycles. The molecule has 3 N–H and O–H groups in total. The van der Waals surface area contributed by atoms with Crippen LogP contribution in [0.25, 0.3) is 21.8 Å². The molecule has 2 aromatic heterocycles. The van der Waals surface area contributed by atoms with Gasteiger partial charge in [0.25, 0.3) is 0 Å². The van der Waals surface area contributed by atoms with Gasteiger partial charge in [0, 0.05) is 45.3 Å². The van der Waals surface area contributed by atoms with Gasteiger partial charge in [0.2, 0.25) is 6.41 Å². The van der Waals surface area contributed by atoms with E-state index in [4.69, 9.17) is 4.74 Å². The lowest BCUT2D eigenvalue weighted by Gasteiger charge is -2.23. The minimum Gasteiger partial charge on any atom is -0.444 e. The summed E-state index contributed by atoms with van der Waals surface area (Å²) in [6.45, 7) is 5.80. The Morgan fingerprint density at radius 2 is 2.00 bits per heavy atom. The molecule has 1 unspecified atom stereocenters. The zero-order chi connectivity index (χ0) is 22.9. The lowest BCUT2D eigenvalue weighted by Crippen LogP contribution is -2.36. The molecule has 32 heavy (non-hydrogen) atoms. The van der Waals surface area contributed by atoms with Crippen molar-refractivity contribution in [2.75, 3.05) is 11.9 Å². The Balaban J connectivity index is 1.80. The summed E-state index contributed by atoms with van der Waals surface area (Å²) >= 11 is 3.51. The predicted octanol–water partition coefficient (Wildman–Crippen LogP) is 5.57. The van der Waals surface area contributed by atoms with E-state index in [0.717, 1.165) is 31.8 Å². The van der Waals surface area contributed by atoms with Crippen LogP contribution in [0.5, 0.6) is 0 Å². The summed E-state index contributed by atoms with van der Waals surface area (Å²) in [4.78, 5) is 26.9. The third kappa shape index (κ3) is 4.50. The van der Waals surface area contributed by atoms with Gasteiger partial charge in [-0.3, -0.25) is 4.79 Å². The number of alkyl carbamates (subject to hydrolysis) is 1. The Morgan fingerprint density at radius 1 is 1.22 bits per heavy atom. The molecule has 2 amide bonds. The standard InChI is InChI=1S/C24H25BrN4O3/c1-24(2,3)32-23(31)27-12-22(18-11-26-19-10-15(25)8-9-16(18)19)29-13-20(28-14-30)17-6-4-5-7-21(17)29/h4-11,13-14,22,26H,12H2,1-3H3,(H,27,31)(H,28,30). The number of carbonyl (C=O) groups is 2. The van der Waals surface area contributed by atoms with Crippen molar-refractivity contribution in [3.63, 3.8) is 0 Å². The van der Waals surface area contributed by atoms with Gasteiger partial charge in [0.1, 0.15) is 5.60 Å². The van der Waals surface area contributed by atoms with E-state index in [1.165, 1.54) is 0 Å². The summed E-state index contributed by atoms with van der Waals surface area (Å²) in [5.74, 6) is 0. The topological polar surface area (TPSA) is 88.2 Å².